The predicted molar refractivity (Wildman–Crippen MR) is 95.2 cm³/mol. The van der Waals surface area contributed by atoms with Crippen molar-refractivity contribution in [2.45, 2.75) is 52.0 Å². The molecule has 0 atom stereocenters. The summed E-state index contributed by atoms with van der Waals surface area (Å²) in [7, 11) is 1.31. The highest BCUT2D eigenvalue weighted by atomic mass is 16.5. The second-order valence-electron chi connectivity index (χ2n) is 6.96. The molecule has 1 aromatic rings. The largest absolute Gasteiger partial charge is 0.465 e. The van der Waals surface area contributed by atoms with Gasteiger partial charge in [0, 0.05) is 11.7 Å². The fourth-order valence-corrected chi connectivity index (χ4v) is 2.81. The summed E-state index contributed by atoms with van der Waals surface area (Å²) in [5.74, 6) is -1.08. The molecule has 0 heterocycles. The van der Waals surface area contributed by atoms with Crippen LogP contribution in [0.4, 0.5) is 5.69 Å². The van der Waals surface area contributed by atoms with Crippen LogP contribution in [-0.4, -0.2) is 30.9 Å². The third-order valence-electron chi connectivity index (χ3n) is 4.64. The van der Waals surface area contributed by atoms with Gasteiger partial charge in [0.15, 0.2) is 0 Å². The van der Waals surface area contributed by atoms with Crippen LogP contribution in [0.15, 0.2) is 24.3 Å². The average Bonchev–Trinajstić information content (AvgIpc) is 2.62. The van der Waals surface area contributed by atoms with Crippen LogP contribution in [0.5, 0.6) is 0 Å². The molecule has 0 radical (unpaired) electrons. The maximum atomic E-state index is 12.5. The molecule has 1 aromatic carbocycles. The highest BCUT2D eigenvalue weighted by molar-refractivity contribution is 6.10. The van der Waals surface area contributed by atoms with Gasteiger partial charge in [-0.25, -0.2) is 4.79 Å². The monoisotopic (exact) mass is 346 g/mol. The Labute approximate surface area is 148 Å². The molecule has 136 valence electrons. The quantitative estimate of drug-likeness (QED) is 0.634. The first kappa shape index (κ1) is 19.0. The van der Waals surface area contributed by atoms with Crippen LogP contribution in [-0.2, 0) is 14.3 Å². The Balaban J connectivity index is 1.97. The van der Waals surface area contributed by atoms with Crippen LogP contribution >= 0.6 is 0 Å². The van der Waals surface area contributed by atoms with Gasteiger partial charge in [0.05, 0.1) is 12.7 Å². The molecule has 6 heteroatoms. The molecule has 0 bridgehead atoms. The topological polar surface area (TPSA) is 84.5 Å². The first-order valence-electron chi connectivity index (χ1n) is 8.65. The smallest absolute Gasteiger partial charge is 0.337 e. The van der Waals surface area contributed by atoms with Crippen molar-refractivity contribution in [3.63, 3.8) is 0 Å². The number of hydrogen-bond acceptors (Lipinski definition) is 4. The van der Waals surface area contributed by atoms with Crippen molar-refractivity contribution < 1.29 is 19.1 Å². The molecular formula is C19H26N2O4. The summed E-state index contributed by atoms with van der Waals surface area (Å²) in [6, 6.07) is 6.51. The number of anilines is 1. The van der Waals surface area contributed by atoms with E-state index in [4.69, 9.17) is 0 Å². The molecule has 25 heavy (non-hydrogen) atoms. The van der Waals surface area contributed by atoms with Crippen LogP contribution in [0, 0.1) is 5.41 Å². The Hall–Kier alpha value is -2.37. The van der Waals surface area contributed by atoms with E-state index in [0.29, 0.717) is 11.3 Å². The summed E-state index contributed by atoms with van der Waals surface area (Å²) >= 11 is 0. The number of methoxy groups -OCH3 is 1. The average molecular weight is 346 g/mol. The fourth-order valence-electron chi connectivity index (χ4n) is 2.81. The van der Waals surface area contributed by atoms with Crippen molar-refractivity contribution in [3.8, 4) is 0 Å². The highest BCUT2D eigenvalue weighted by Crippen LogP contribution is 2.23. The lowest BCUT2D eigenvalue weighted by Crippen LogP contribution is -2.49. The van der Waals surface area contributed by atoms with E-state index >= 15 is 0 Å². The van der Waals surface area contributed by atoms with Crippen molar-refractivity contribution in [1.29, 1.82) is 0 Å². The zero-order valence-corrected chi connectivity index (χ0v) is 15.1. The number of carbonyl (C=O) groups excluding carboxylic acids is 3. The second kappa shape index (κ2) is 8.14. The molecule has 0 aliphatic heterocycles. The Morgan fingerprint density at radius 3 is 2.16 bits per heavy atom. The summed E-state index contributed by atoms with van der Waals surface area (Å²) in [5.41, 5.74) is -0.260. The van der Waals surface area contributed by atoms with Gasteiger partial charge < -0.3 is 15.4 Å². The zero-order valence-electron chi connectivity index (χ0n) is 15.1. The maximum absolute atomic E-state index is 12.5. The molecular weight excluding hydrogens is 320 g/mol. The molecule has 2 N–H and O–H groups in total. The van der Waals surface area contributed by atoms with Gasteiger partial charge in [0.2, 0.25) is 11.8 Å². The molecule has 1 fully saturated rings. The van der Waals surface area contributed by atoms with Crippen molar-refractivity contribution in [2.24, 2.45) is 5.41 Å². The minimum atomic E-state index is -1.18. The Morgan fingerprint density at radius 1 is 1.00 bits per heavy atom. The van der Waals surface area contributed by atoms with E-state index in [1.54, 1.807) is 38.1 Å². The highest BCUT2D eigenvalue weighted by Gasteiger charge is 2.37. The molecule has 2 amide bonds. The normalized spacial score (nSPS) is 15.3. The molecule has 0 unspecified atom stereocenters. The summed E-state index contributed by atoms with van der Waals surface area (Å²) in [6.45, 7) is 3.23. The third kappa shape index (κ3) is 4.81. The van der Waals surface area contributed by atoms with E-state index in [1.807, 2.05) is 0 Å². The van der Waals surface area contributed by atoms with Crippen molar-refractivity contribution in [1.82, 2.24) is 5.32 Å². The van der Waals surface area contributed by atoms with E-state index in [9.17, 15) is 14.4 Å². The Kier molecular flexibility index (Phi) is 6.17. The zero-order chi connectivity index (χ0) is 18.4. The number of nitrogens with one attached hydrogen (secondary N) is 2. The van der Waals surface area contributed by atoms with E-state index < -0.39 is 11.4 Å². The molecule has 0 saturated heterocycles. The molecule has 1 aliphatic carbocycles. The number of rotatable bonds is 5. The number of carbonyl (C=O) groups is 3. The number of ether oxygens (including phenoxy) is 1. The molecule has 2 rings (SSSR count). The summed E-state index contributed by atoms with van der Waals surface area (Å²) in [6.07, 6.45) is 5.38. The van der Waals surface area contributed by atoms with E-state index in [2.05, 4.69) is 15.4 Å². The lowest BCUT2D eigenvalue weighted by Gasteiger charge is -2.28. The summed E-state index contributed by atoms with van der Waals surface area (Å²) < 4.78 is 4.64. The number of hydrogen-bond donors (Lipinski definition) is 2. The molecule has 0 spiro atoms. The fraction of sp³-hybridized carbons (Fsp3) is 0.526. The van der Waals surface area contributed by atoms with E-state index in [-0.39, 0.29) is 17.9 Å². The summed E-state index contributed by atoms with van der Waals surface area (Å²) in [4.78, 5) is 36.5. The van der Waals surface area contributed by atoms with Gasteiger partial charge in [0.25, 0.3) is 0 Å². The van der Waals surface area contributed by atoms with Gasteiger partial charge >= 0.3 is 5.97 Å². The van der Waals surface area contributed by atoms with Crippen LogP contribution in [0.2, 0.25) is 0 Å². The van der Waals surface area contributed by atoms with Gasteiger partial charge in [-0.2, -0.15) is 0 Å². The van der Waals surface area contributed by atoms with Crippen LogP contribution in [0.1, 0.15) is 56.3 Å². The van der Waals surface area contributed by atoms with Crippen molar-refractivity contribution in [3.05, 3.63) is 29.8 Å². The Morgan fingerprint density at radius 2 is 1.60 bits per heavy atom. The lowest BCUT2D eigenvalue weighted by molar-refractivity contribution is -0.139. The molecule has 0 aromatic heterocycles. The van der Waals surface area contributed by atoms with Gasteiger partial charge in [-0.1, -0.05) is 19.3 Å². The van der Waals surface area contributed by atoms with Gasteiger partial charge in [-0.3, -0.25) is 9.59 Å². The van der Waals surface area contributed by atoms with Gasteiger partial charge in [-0.05, 0) is 51.0 Å². The maximum Gasteiger partial charge on any atom is 0.337 e. The number of benzene rings is 1. The van der Waals surface area contributed by atoms with Crippen molar-refractivity contribution >= 4 is 23.5 Å². The van der Waals surface area contributed by atoms with E-state index in [0.717, 1.165) is 25.7 Å². The lowest BCUT2D eigenvalue weighted by atomic mass is 9.88. The molecule has 1 aliphatic rings. The first-order chi connectivity index (χ1) is 11.8. The third-order valence-corrected chi connectivity index (χ3v) is 4.64. The standard InChI is InChI=1S/C19H26N2O4/c1-19(2,17(23)20-14-7-5-4-6-8-14)18(24)21-15-11-9-13(10-12-15)16(22)25-3/h9-12,14H,4-8H2,1-3H3,(H,20,23)(H,21,24). The van der Waals surface area contributed by atoms with Gasteiger partial charge in [-0.15, -0.1) is 0 Å². The minimum Gasteiger partial charge on any atom is -0.465 e. The van der Waals surface area contributed by atoms with Gasteiger partial charge in [0.1, 0.15) is 5.41 Å². The van der Waals surface area contributed by atoms with Crippen LogP contribution in [0.25, 0.3) is 0 Å². The van der Waals surface area contributed by atoms with Crippen LogP contribution < -0.4 is 10.6 Å². The molecule has 6 nitrogen and oxygen atoms in total. The first-order valence-corrected chi connectivity index (χ1v) is 8.65. The number of esters is 1. The van der Waals surface area contributed by atoms with E-state index in [1.165, 1.54) is 13.5 Å². The number of amides is 2. The second-order valence-corrected chi connectivity index (χ2v) is 6.96. The minimum absolute atomic E-state index is 0.160. The molecule has 1 saturated carbocycles. The van der Waals surface area contributed by atoms with Crippen molar-refractivity contribution in [2.75, 3.05) is 12.4 Å². The van der Waals surface area contributed by atoms with Crippen LogP contribution in [0.3, 0.4) is 0 Å². The predicted octanol–water partition coefficient (Wildman–Crippen LogP) is 2.89. The SMILES string of the molecule is COC(=O)c1ccc(NC(=O)C(C)(C)C(=O)NC2CCCCC2)cc1. The Bertz CT molecular complexity index is 631. The summed E-state index contributed by atoms with van der Waals surface area (Å²) in [5, 5.41) is 5.73.